The second-order valence-corrected chi connectivity index (χ2v) is 5.50. The second kappa shape index (κ2) is 6.30. The van der Waals surface area contributed by atoms with Gasteiger partial charge in [0.1, 0.15) is 11.4 Å². The molecule has 0 saturated carbocycles. The van der Waals surface area contributed by atoms with Crippen LogP contribution in [0.25, 0.3) is 11.4 Å². The van der Waals surface area contributed by atoms with Crippen molar-refractivity contribution in [2.75, 3.05) is 6.54 Å². The SMILES string of the molecule is NC(=O)NCCc1nc(-c2csc(N=C(N)N)n2)cs1. The summed E-state index contributed by atoms with van der Waals surface area (Å²) in [6.07, 6.45) is 0.624. The van der Waals surface area contributed by atoms with Crippen molar-refractivity contribution in [2.24, 2.45) is 22.2 Å². The zero-order valence-corrected chi connectivity index (χ0v) is 12.0. The average Bonchev–Trinajstić information content (AvgIpc) is 2.96. The van der Waals surface area contributed by atoms with E-state index in [0.717, 1.165) is 16.4 Å². The number of primary amides is 1. The molecule has 8 nitrogen and oxygen atoms in total. The predicted molar refractivity (Wildman–Crippen MR) is 80.0 cm³/mol. The fourth-order valence-corrected chi connectivity index (χ4v) is 2.87. The summed E-state index contributed by atoms with van der Waals surface area (Å²) in [6, 6.07) is -0.539. The van der Waals surface area contributed by atoms with E-state index in [2.05, 4.69) is 20.3 Å². The highest BCUT2D eigenvalue weighted by atomic mass is 32.1. The van der Waals surface area contributed by atoms with E-state index >= 15 is 0 Å². The first kappa shape index (κ1) is 14.2. The molecule has 2 aromatic heterocycles. The molecule has 0 bridgehead atoms. The van der Waals surface area contributed by atoms with Crippen LogP contribution in [0.1, 0.15) is 5.01 Å². The summed E-state index contributed by atoms with van der Waals surface area (Å²) in [4.78, 5) is 23.1. The molecule has 0 atom stereocenters. The zero-order valence-electron chi connectivity index (χ0n) is 10.4. The number of nitrogens with one attached hydrogen (secondary N) is 1. The van der Waals surface area contributed by atoms with Crippen molar-refractivity contribution in [1.29, 1.82) is 0 Å². The number of hydrogen-bond acceptors (Lipinski definition) is 6. The van der Waals surface area contributed by atoms with E-state index in [1.165, 1.54) is 22.7 Å². The summed E-state index contributed by atoms with van der Waals surface area (Å²) < 4.78 is 0. The van der Waals surface area contributed by atoms with Gasteiger partial charge < -0.3 is 22.5 Å². The van der Waals surface area contributed by atoms with Gasteiger partial charge in [-0.1, -0.05) is 0 Å². The highest BCUT2D eigenvalue weighted by Crippen LogP contribution is 2.27. The van der Waals surface area contributed by atoms with E-state index in [9.17, 15) is 4.79 Å². The Morgan fingerprint density at radius 3 is 2.60 bits per heavy atom. The molecule has 106 valence electrons. The largest absolute Gasteiger partial charge is 0.370 e. The maximum atomic E-state index is 10.6. The number of aromatic nitrogens is 2. The monoisotopic (exact) mass is 311 g/mol. The Morgan fingerprint density at radius 1 is 1.20 bits per heavy atom. The number of nitrogens with zero attached hydrogens (tertiary/aromatic N) is 3. The van der Waals surface area contributed by atoms with Crippen molar-refractivity contribution in [3.63, 3.8) is 0 Å². The average molecular weight is 311 g/mol. The van der Waals surface area contributed by atoms with E-state index in [0.29, 0.717) is 18.1 Å². The minimum Gasteiger partial charge on any atom is -0.370 e. The number of aliphatic imine (C=N–C) groups is 1. The molecule has 2 amide bonds. The summed E-state index contributed by atoms with van der Waals surface area (Å²) in [5, 5.41) is 7.63. The Morgan fingerprint density at radius 2 is 1.90 bits per heavy atom. The van der Waals surface area contributed by atoms with Crippen LogP contribution in [0.4, 0.5) is 9.93 Å². The number of thiazole rings is 2. The third-order valence-corrected chi connectivity index (χ3v) is 3.81. The van der Waals surface area contributed by atoms with Gasteiger partial charge in [0.15, 0.2) is 5.96 Å². The Labute approximate surface area is 122 Å². The van der Waals surface area contributed by atoms with Crippen LogP contribution in [0.3, 0.4) is 0 Å². The number of carbonyl (C=O) groups excluding carboxylic acids is 1. The molecule has 0 aliphatic carbocycles. The van der Waals surface area contributed by atoms with Crippen molar-refractivity contribution in [3.05, 3.63) is 15.8 Å². The summed E-state index contributed by atoms with van der Waals surface area (Å²) in [6.45, 7) is 0.457. The highest BCUT2D eigenvalue weighted by Gasteiger charge is 2.09. The fourth-order valence-electron chi connectivity index (χ4n) is 1.38. The molecule has 0 aliphatic rings. The van der Waals surface area contributed by atoms with E-state index in [1.807, 2.05) is 10.8 Å². The maximum Gasteiger partial charge on any atom is 0.312 e. The lowest BCUT2D eigenvalue weighted by Crippen LogP contribution is -2.30. The van der Waals surface area contributed by atoms with Gasteiger partial charge in [0, 0.05) is 23.7 Å². The van der Waals surface area contributed by atoms with Gasteiger partial charge in [0.05, 0.1) is 5.01 Å². The minimum absolute atomic E-state index is 0.0256. The van der Waals surface area contributed by atoms with Gasteiger partial charge in [-0.25, -0.2) is 14.8 Å². The lowest BCUT2D eigenvalue weighted by molar-refractivity contribution is 0.249. The van der Waals surface area contributed by atoms with E-state index in [4.69, 9.17) is 17.2 Å². The molecule has 0 fully saturated rings. The number of urea groups is 1. The number of carbonyl (C=O) groups is 1. The van der Waals surface area contributed by atoms with Crippen LogP contribution >= 0.6 is 22.7 Å². The van der Waals surface area contributed by atoms with Crippen molar-refractivity contribution in [3.8, 4) is 11.4 Å². The lowest BCUT2D eigenvalue weighted by atomic mass is 10.4. The standard InChI is InChI=1S/C10H13N7OS2/c11-8(12)17-10-16-6(4-20-10)5-3-19-7(15-5)1-2-14-9(13)18/h3-4H,1-2H2,(H3,13,14,18)(H4,11,12,16,17). The molecular formula is C10H13N7OS2. The first-order valence-electron chi connectivity index (χ1n) is 5.58. The van der Waals surface area contributed by atoms with E-state index in [1.54, 1.807) is 0 Å². The van der Waals surface area contributed by atoms with Gasteiger partial charge in [-0.3, -0.25) is 0 Å². The Hall–Kier alpha value is -2.20. The van der Waals surface area contributed by atoms with Crippen molar-refractivity contribution in [1.82, 2.24) is 15.3 Å². The summed E-state index contributed by atoms with van der Waals surface area (Å²) in [7, 11) is 0. The maximum absolute atomic E-state index is 10.6. The smallest absolute Gasteiger partial charge is 0.312 e. The van der Waals surface area contributed by atoms with Crippen LogP contribution < -0.4 is 22.5 Å². The summed E-state index contributed by atoms with van der Waals surface area (Å²) in [5.74, 6) is -0.0256. The van der Waals surface area contributed by atoms with Crippen LogP contribution in [-0.4, -0.2) is 28.5 Å². The van der Waals surface area contributed by atoms with Gasteiger partial charge in [-0.2, -0.15) is 4.99 Å². The molecular weight excluding hydrogens is 298 g/mol. The van der Waals surface area contributed by atoms with Crippen LogP contribution in [-0.2, 0) is 6.42 Å². The minimum atomic E-state index is -0.539. The quantitative estimate of drug-likeness (QED) is 0.466. The Balaban J connectivity index is 2.03. The molecule has 2 heterocycles. The van der Waals surface area contributed by atoms with Gasteiger partial charge in [0.25, 0.3) is 0 Å². The predicted octanol–water partition coefficient (Wildman–Crippen LogP) is 0.382. The molecule has 0 saturated heterocycles. The molecule has 0 aliphatic heterocycles. The Bertz CT molecular complexity index is 629. The highest BCUT2D eigenvalue weighted by molar-refractivity contribution is 7.13. The van der Waals surface area contributed by atoms with Crippen LogP contribution in [0.2, 0.25) is 0 Å². The number of guanidine groups is 1. The number of hydrogen-bond donors (Lipinski definition) is 4. The Kier molecular flexibility index (Phi) is 4.48. The normalized spacial score (nSPS) is 10.2. The van der Waals surface area contributed by atoms with E-state index < -0.39 is 6.03 Å². The third-order valence-electron chi connectivity index (χ3n) is 2.17. The molecule has 7 N–H and O–H groups in total. The topological polar surface area (TPSA) is 145 Å². The first-order valence-corrected chi connectivity index (χ1v) is 7.34. The summed E-state index contributed by atoms with van der Waals surface area (Å²) >= 11 is 2.83. The van der Waals surface area contributed by atoms with Crippen LogP contribution in [0.5, 0.6) is 0 Å². The third kappa shape index (κ3) is 3.90. The molecule has 0 spiro atoms. The van der Waals surface area contributed by atoms with Gasteiger partial charge in [-0.15, -0.1) is 22.7 Å². The van der Waals surface area contributed by atoms with Gasteiger partial charge >= 0.3 is 6.03 Å². The van der Waals surface area contributed by atoms with Gasteiger partial charge in [0.2, 0.25) is 5.13 Å². The van der Waals surface area contributed by atoms with Crippen molar-refractivity contribution < 1.29 is 4.79 Å². The number of nitrogens with two attached hydrogens (primary N) is 3. The molecule has 2 rings (SSSR count). The molecule has 2 aromatic rings. The number of rotatable bonds is 5. The molecule has 20 heavy (non-hydrogen) atoms. The van der Waals surface area contributed by atoms with Crippen molar-refractivity contribution >= 4 is 39.8 Å². The van der Waals surface area contributed by atoms with Gasteiger partial charge in [-0.05, 0) is 0 Å². The zero-order chi connectivity index (χ0) is 14.5. The molecule has 0 aromatic carbocycles. The molecule has 10 heteroatoms. The number of amides is 2. The van der Waals surface area contributed by atoms with E-state index in [-0.39, 0.29) is 5.96 Å². The summed E-state index contributed by atoms with van der Waals surface area (Å²) in [5.41, 5.74) is 17.1. The second-order valence-electron chi connectivity index (χ2n) is 3.72. The lowest BCUT2D eigenvalue weighted by Gasteiger charge is -1.97. The first-order chi connectivity index (χ1) is 9.54. The van der Waals surface area contributed by atoms with Crippen molar-refractivity contribution in [2.45, 2.75) is 6.42 Å². The molecule has 0 unspecified atom stereocenters. The van der Waals surface area contributed by atoms with Crippen LogP contribution in [0, 0.1) is 0 Å². The fraction of sp³-hybridized carbons (Fsp3) is 0.200. The molecule has 0 radical (unpaired) electrons. The van der Waals surface area contributed by atoms with Crippen LogP contribution in [0.15, 0.2) is 15.8 Å².